The van der Waals surface area contributed by atoms with Gasteiger partial charge in [-0.1, -0.05) is 27.2 Å². The molecule has 0 bridgehead atoms. The lowest BCUT2D eigenvalue weighted by Gasteiger charge is -2.44. The molecule has 2 rings (SSSR count). The fourth-order valence-corrected chi connectivity index (χ4v) is 4.83. The Balaban J connectivity index is 2.27. The lowest BCUT2D eigenvalue weighted by Crippen LogP contribution is -2.55. The minimum Gasteiger partial charge on any atom is -0.411 e. The first-order valence-corrected chi connectivity index (χ1v) is 12.1. The maximum Gasteiger partial charge on any atom is 0.192 e. The normalized spacial score (nSPS) is 37.6. The van der Waals surface area contributed by atoms with Crippen molar-refractivity contribution in [3.63, 3.8) is 0 Å². The third-order valence-corrected chi connectivity index (χ3v) is 10.4. The molecule has 0 aromatic heterocycles. The second-order valence-corrected chi connectivity index (χ2v) is 14.1. The molecule has 1 aliphatic heterocycles. The fraction of sp³-hybridized carbons (Fsp3) is 1.00. The zero-order valence-corrected chi connectivity index (χ0v) is 17.3. The molecule has 142 valence electrons. The summed E-state index contributed by atoms with van der Waals surface area (Å²) >= 11 is 0. The van der Waals surface area contributed by atoms with Crippen LogP contribution in [0.4, 0.5) is 0 Å². The third-order valence-electron chi connectivity index (χ3n) is 5.89. The van der Waals surface area contributed by atoms with E-state index in [9.17, 15) is 10.2 Å². The fourth-order valence-electron chi connectivity index (χ4n) is 3.47. The summed E-state index contributed by atoms with van der Waals surface area (Å²) in [6.45, 7) is 14.7. The van der Waals surface area contributed by atoms with Gasteiger partial charge in [-0.3, -0.25) is 0 Å². The Bertz CT molecular complexity index is 432. The van der Waals surface area contributed by atoms with Crippen LogP contribution in [-0.2, 0) is 13.9 Å². The molecule has 2 N–H and O–H groups in total. The molecule has 2 fully saturated rings. The first-order valence-electron chi connectivity index (χ1n) is 9.20. The minimum absolute atomic E-state index is 0.0258. The van der Waals surface area contributed by atoms with Crippen LogP contribution in [0.5, 0.6) is 0 Å². The van der Waals surface area contributed by atoms with Gasteiger partial charge in [0.05, 0.1) is 12.2 Å². The Morgan fingerprint density at radius 3 is 2.33 bits per heavy atom. The van der Waals surface area contributed by atoms with E-state index in [0.29, 0.717) is 0 Å². The number of fused-ring (bicyclic) bond motifs is 1. The third kappa shape index (κ3) is 4.22. The average Bonchev–Trinajstić information content (AvgIpc) is 2.73. The Hall–Kier alpha value is 0.0169. The zero-order chi connectivity index (χ0) is 18.3. The Morgan fingerprint density at radius 1 is 1.17 bits per heavy atom. The van der Waals surface area contributed by atoms with Crippen molar-refractivity contribution in [2.24, 2.45) is 5.92 Å². The number of rotatable bonds is 3. The maximum absolute atomic E-state index is 11.1. The molecule has 2 aliphatic rings. The molecule has 1 aliphatic carbocycles. The highest BCUT2D eigenvalue weighted by Crippen LogP contribution is 2.42. The first kappa shape index (κ1) is 20.3. The summed E-state index contributed by atoms with van der Waals surface area (Å²) in [7, 11) is -2.08. The van der Waals surface area contributed by atoms with Gasteiger partial charge in [0.1, 0.15) is 12.2 Å². The molecular weight excluding hydrogens is 324 g/mol. The number of aliphatic hydroxyl groups is 2. The van der Waals surface area contributed by atoms with Crippen molar-refractivity contribution in [1.82, 2.24) is 0 Å². The molecular formula is C18H36O5Si. The number of aliphatic hydroxyl groups excluding tert-OH is 2. The highest BCUT2D eigenvalue weighted by molar-refractivity contribution is 6.74. The van der Waals surface area contributed by atoms with Crippen molar-refractivity contribution >= 4 is 8.32 Å². The Labute approximate surface area is 147 Å². The molecule has 6 heteroatoms. The second-order valence-electron chi connectivity index (χ2n) is 9.35. The van der Waals surface area contributed by atoms with E-state index in [2.05, 4.69) is 33.9 Å². The van der Waals surface area contributed by atoms with Crippen LogP contribution in [0.2, 0.25) is 18.1 Å². The van der Waals surface area contributed by atoms with Crippen LogP contribution in [0.25, 0.3) is 0 Å². The molecule has 0 aromatic rings. The van der Waals surface area contributed by atoms with Gasteiger partial charge in [-0.25, -0.2) is 0 Å². The van der Waals surface area contributed by atoms with Gasteiger partial charge in [-0.2, -0.15) is 0 Å². The van der Waals surface area contributed by atoms with E-state index in [0.717, 1.165) is 19.3 Å². The molecule has 1 heterocycles. The van der Waals surface area contributed by atoms with Gasteiger partial charge in [0.2, 0.25) is 0 Å². The van der Waals surface area contributed by atoms with E-state index in [1.54, 1.807) is 0 Å². The average molecular weight is 361 g/mol. The van der Waals surface area contributed by atoms with Gasteiger partial charge in [0, 0.05) is 12.5 Å². The van der Waals surface area contributed by atoms with E-state index >= 15 is 0 Å². The SMILES string of the molecule is CC1(C)O[C@H]2[C@@H](O)[C@@H](O[Si](C)(C)C(C)(C)C)[C@@H](CO)CCC[C@H]2O1. The van der Waals surface area contributed by atoms with Gasteiger partial charge in [-0.05, 0) is 44.8 Å². The Morgan fingerprint density at radius 2 is 1.79 bits per heavy atom. The summed E-state index contributed by atoms with van der Waals surface area (Å²) in [5.74, 6) is -0.751. The highest BCUT2D eigenvalue weighted by Gasteiger charge is 2.51. The van der Waals surface area contributed by atoms with Crippen molar-refractivity contribution in [2.75, 3.05) is 6.61 Å². The molecule has 0 unspecified atom stereocenters. The largest absolute Gasteiger partial charge is 0.411 e. The molecule has 0 amide bonds. The van der Waals surface area contributed by atoms with Gasteiger partial charge >= 0.3 is 0 Å². The molecule has 1 saturated heterocycles. The minimum atomic E-state index is -2.08. The first-order chi connectivity index (χ1) is 10.9. The molecule has 1 saturated carbocycles. The van der Waals surface area contributed by atoms with Gasteiger partial charge in [-0.15, -0.1) is 0 Å². The van der Waals surface area contributed by atoms with Crippen LogP contribution in [0.1, 0.15) is 53.9 Å². The summed E-state index contributed by atoms with van der Waals surface area (Å²) in [5.41, 5.74) is 0. The van der Waals surface area contributed by atoms with E-state index in [1.807, 2.05) is 13.8 Å². The summed E-state index contributed by atoms with van der Waals surface area (Å²) in [6.07, 6.45) is 0.901. The van der Waals surface area contributed by atoms with Crippen LogP contribution in [0.3, 0.4) is 0 Å². The van der Waals surface area contributed by atoms with Crippen molar-refractivity contribution in [2.45, 2.75) is 102 Å². The van der Waals surface area contributed by atoms with Crippen LogP contribution < -0.4 is 0 Å². The number of hydrogen-bond acceptors (Lipinski definition) is 5. The van der Waals surface area contributed by atoms with Crippen LogP contribution in [0.15, 0.2) is 0 Å². The van der Waals surface area contributed by atoms with Crippen molar-refractivity contribution in [3.8, 4) is 0 Å². The van der Waals surface area contributed by atoms with E-state index in [4.69, 9.17) is 13.9 Å². The molecule has 24 heavy (non-hydrogen) atoms. The number of ether oxygens (including phenoxy) is 2. The van der Waals surface area contributed by atoms with Gasteiger partial charge in [0.15, 0.2) is 14.1 Å². The molecule has 0 radical (unpaired) electrons. The lowest BCUT2D eigenvalue weighted by molar-refractivity contribution is -0.164. The summed E-state index contributed by atoms with van der Waals surface area (Å²) in [5, 5.41) is 21.0. The van der Waals surface area contributed by atoms with Gasteiger partial charge in [0.25, 0.3) is 0 Å². The van der Waals surface area contributed by atoms with E-state index in [-0.39, 0.29) is 23.7 Å². The van der Waals surface area contributed by atoms with Crippen LogP contribution in [-0.4, -0.2) is 55.3 Å². The molecule has 5 nitrogen and oxygen atoms in total. The van der Waals surface area contributed by atoms with E-state index in [1.165, 1.54) is 0 Å². The monoisotopic (exact) mass is 360 g/mol. The molecule has 0 spiro atoms. The van der Waals surface area contributed by atoms with E-state index < -0.39 is 32.4 Å². The predicted octanol–water partition coefficient (Wildman–Crippen LogP) is 3.05. The maximum atomic E-state index is 11.1. The van der Waals surface area contributed by atoms with Crippen LogP contribution >= 0.6 is 0 Å². The summed E-state index contributed by atoms with van der Waals surface area (Å²) in [4.78, 5) is 0. The summed E-state index contributed by atoms with van der Waals surface area (Å²) < 4.78 is 18.6. The number of hydrogen-bond donors (Lipinski definition) is 2. The second kappa shape index (κ2) is 6.97. The van der Waals surface area contributed by atoms with Crippen molar-refractivity contribution in [1.29, 1.82) is 0 Å². The van der Waals surface area contributed by atoms with Crippen molar-refractivity contribution < 1.29 is 24.1 Å². The lowest BCUT2D eigenvalue weighted by atomic mass is 9.85. The summed E-state index contributed by atoms with van der Waals surface area (Å²) in [6, 6.07) is 0. The molecule has 0 aromatic carbocycles. The topological polar surface area (TPSA) is 68.2 Å². The van der Waals surface area contributed by atoms with Crippen molar-refractivity contribution in [3.05, 3.63) is 0 Å². The Kier molecular flexibility index (Phi) is 5.90. The quantitative estimate of drug-likeness (QED) is 0.757. The smallest absolute Gasteiger partial charge is 0.192 e. The van der Waals surface area contributed by atoms with Gasteiger partial charge < -0.3 is 24.1 Å². The predicted molar refractivity (Wildman–Crippen MR) is 96.3 cm³/mol. The zero-order valence-electron chi connectivity index (χ0n) is 16.3. The van der Waals surface area contributed by atoms with Crippen LogP contribution in [0, 0.1) is 5.92 Å². The molecule has 5 atom stereocenters. The standard InChI is InChI=1S/C18H36O5Si/c1-17(2,3)24(6,7)23-15-12(11-19)9-8-10-13-16(14(15)20)22-18(4,5)21-13/h12-16,19-20H,8-11H2,1-7H3/t12-,13-,14+,15+,16-/m1/s1. The highest BCUT2D eigenvalue weighted by atomic mass is 28.4.